The van der Waals surface area contributed by atoms with E-state index in [2.05, 4.69) is 24.5 Å². The normalized spacial score (nSPS) is 11.6. The van der Waals surface area contributed by atoms with Gasteiger partial charge >= 0.3 is 5.97 Å². The number of hydrogen-bond donors (Lipinski definition) is 2. The molecule has 148 valence electrons. The van der Waals surface area contributed by atoms with Crippen molar-refractivity contribution in [2.45, 2.75) is 32.8 Å². The minimum absolute atomic E-state index is 0.0865. The summed E-state index contributed by atoms with van der Waals surface area (Å²) in [6.07, 6.45) is -1.04. The van der Waals surface area contributed by atoms with Crippen molar-refractivity contribution in [3.8, 4) is 0 Å². The van der Waals surface area contributed by atoms with Gasteiger partial charge < -0.3 is 15.4 Å². The zero-order chi connectivity index (χ0) is 20.7. The molecule has 1 atom stereocenters. The molecule has 7 heteroatoms. The number of rotatable bonds is 7. The molecule has 0 aliphatic rings. The fourth-order valence-electron chi connectivity index (χ4n) is 2.37. The van der Waals surface area contributed by atoms with Crippen molar-refractivity contribution in [2.75, 3.05) is 11.9 Å². The number of halogens is 1. The van der Waals surface area contributed by atoms with Crippen LogP contribution in [0.15, 0.2) is 48.5 Å². The maximum atomic E-state index is 13.1. The van der Waals surface area contributed by atoms with Crippen LogP contribution in [0.25, 0.3) is 0 Å². The van der Waals surface area contributed by atoms with Crippen LogP contribution in [0.5, 0.6) is 0 Å². The first kappa shape index (κ1) is 21.1. The second kappa shape index (κ2) is 9.64. The van der Waals surface area contributed by atoms with Gasteiger partial charge in [0, 0.05) is 11.3 Å². The lowest BCUT2D eigenvalue weighted by molar-refractivity contribution is -0.152. The molecule has 2 rings (SSSR count). The highest BCUT2D eigenvalue weighted by atomic mass is 19.1. The maximum Gasteiger partial charge on any atom is 0.326 e. The first-order valence-electron chi connectivity index (χ1n) is 8.90. The van der Waals surface area contributed by atoms with Crippen molar-refractivity contribution in [3.05, 3.63) is 65.5 Å². The summed E-state index contributed by atoms with van der Waals surface area (Å²) >= 11 is 0. The summed E-state index contributed by atoms with van der Waals surface area (Å²) in [5.41, 5.74) is 1.83. The van der Waals surface area contributed by atoms with E-state index < -0.39 is 36.2 Å². The fourth-order valence-corrected chi connectivity index (χ4v) is 2.37. The Morgan fingerprint density at radius 2 is 1.71 bits per heavy atom. The van der Waals surface area contributed by atoms with E-state index in [1.54, 1.807) is 12.1 Å². The molecule has 0 fully saturated rings. The quantitative estimate of drug-likeness (QED) is 0.716. The van der Waals surface area contributed by atoms with Gasteiger partial charge in [0.05, 0.1) is 0 Å². The molecule has 6 nitrogen and oxygen atoms in total. The van der Waals surface area contributed by atoms with Gasteiger partial charge in [0.1, 0.15) is 12.4 Å². The molecule has 0 bridgehead atoms. The molecule has 0 heterocycles. The average Bonchev–Trinajstić information content (AvgIpc) is 2.66. The van der Waals surface area contributed by atoms with Gasteiger partial charge in [-0.15, -0.1) is 0 Å². The summed E-state index contributed by atoms with van der Waals surface area (Å²) in [5, 5.41) is 4.99. The summed E-state index contributed by atoms with van der Waals surface area (Å²) in [5.74, 6) is -2.04. The van der Waals surface area contributed by atoms with Gasteiger partial charge in [0.25, 0.3) is 11.8 Å². The van der Waals surface area contributed by atoms with E-state index >= 15 is 0 Å². The van der Waals surface area contributed by atoms with Crippen LogP contribution in [0, 0.1) is 5.82 Å². The molecule has 2 N–H and O–H groups in total. The number of hydrogen-bond acceptors (Lipinski definition) is 4. The Morgan fingerprint density at radius 1 is 1.04 bits per heavy atom. The van der Waals surface area contributed by atoms with Gasteiger partial charge in [-0.2, -0.15) is 0 Å². The lowest BCUT2D eigenvalue weighted by atomic mass is 10.0. The lowest BCUT2D eigenvalue weighted by Crippen LogP contribution is -2.35. The van der Waals surface area contributed by atoms with E-state index in [0.717, 1.165) is 11.6 Å². The minimum atomic E-state index is -1.04. The van der Waals surface area contributed by atoms with Gasteiger partial charge in [-0.25, -0.2) is 4.39 Å². The van der Waals surface area contributed by atoms with Crippen LogP contribution in [0.4, 0.5) is 10.1 Å². The maximum absolute atomic E-state index is 13.1. The van der Waals surface area contributed by atoms with Crippen LogP contribution >= 0.6 is 0 Å². The third kappa shape index (κ3) is 6.19. The molecule has 0 saturated carbocycles. The van der Waals surface area contributed by atoms with Gasteiger partial charge in [0.15, 0.2) is 6.10 Å². The standard InChI is InChI=1S/C21H23FN2O4/c1-13(2)15-7-9-18(10-8-15)24-20(26)14(3)28-19(25)12-23-21(27)16-5-4-6-17(22)11-16/h4-11,13-14H,12H2,1-3H3,(H,23,27)(H,24,26)/t14-/m0/s1. The van der Waals surface area contributed by atoms with Crippen LogP contribution in [0.1, 0.15) is 42.6 Å². The number of carbonyl (C=O) groups excluding carboxylic acids is 3. The van der Waals surface area contributed by atoms with Crippen molar-refractivity contribution in [2.24, 2.45) is 0 Å². The van der Waals surface area contributed by atoms with Gasteiger partial charge in [-0.05, 0) is 48.7 Å². The Kier molecular flexibility index (Phi) is 7.26. The van der Waals surface area contributed by atoms with E-state index in [0.29, 0.717) is 11.6 Å². The number of anilines is 1. The van der Waals surface area contributed by atoms with Gasteiger partial charge in [-0.1, -0.05) is 32.0 Å². The van der Waals surface area contributed by atoms with Crippen LogP contribution < -0.4 is 10.6 Å². The molecule has 0 aliphatic heterocycles. The molecule has 0 unspecified atom stereocenters. The van der Waals surface area contributed by atoms with Crippen LogP contribution in [-0.4, -0.2) is 30.4 Å². The van der Waals surface area contributed by atoms with E-state index in [1.165, 1.54) is 25.1 Å². The number of amides is 2. The number of benzene rings is 2. The van der Waals surface area contributed by atoms with Crippen molar-refractivity contribution >= 4 is 23.5 Å². The van der Waals surface area contributed by atoms with Crippen LogP contribution in [-0.2, 0) is 14.3 Å². The third-order valence-electron chi connectivity index (χ3n) is 4.00. The van der Waals surface area contributed by atoms with E-state index in [1.807, 2.05) is 12.1 Å². The molecule has 0 spiro atoms. The first-order chi connectivity index (χ1) is 13.3. The molecule has 0 aromatic heterocycles. The number of ether oxygens (including phenoxy) is 1. The SMILES string of the molecule is CC(C)c1ccc(NC(=O)[C@H](C)OC(=O)CNC(=O)c2cccc(F)c2)cc1. The topological polar surface area (TPSA) is 84.5 Å². The summed E-state index contributed by atoms with van der Waals surface area (Å²) in [7, 11) is 0. The van der Waals surface area contributed by atoms with Crippen molar-refractivity contribution < 1.29 is 23.5 Å². The Balaban J connectivity index is 1.80. The molecule has 2 amide bonds. The highest BCUT2D eigenvalue weighted by molar-refractivity contribution is 5.97. The Bertz CT molecular complexity index is 850. The second-order valence-corrected chi connectivity index (χ2v) is 6.59. The summed E-state index contributed by atoms with van der Waals surface area (Å²) in [4.78, 5) is 35.9. The van der Waals surface area contributed by atoms with Gasteiger partial charge in [0.2, 0.25) is 0 Å². The van der Waals surface area contributed by atoms with E-state index in [4.69, 9.17) is 4.74 Å². The van der Waals surface area contributed by atoms with Crippen LogP contribution in [0.2, 0.25) is 0 Å². The number of carbonyl (C=O) groups is 3. The monoisotopic (exact) mass is 386 g/mol. The molecule has 0 radical (unpaired) electrons. The van der Waals surface area contributed by atoms with Crippen molar-refractivity contribution in [1.82, 2.24) is 5.32 Å². The third-order valence-corrected chi connectivity index (χ3v) is 4.00. The molecule has 2 aromatic carbocycles. The number of nitrogens with one attached hydrogen (secondary N) is 2. The zero-order valence-corrected chi connectivity index (χ0v) is 16.0. The highest BCUT2D eigenvalue weighted by Crippen LogP contribution is 2.17. The van der Waals surface area contributed by atoms with Crippen molar-refractivity contribution in [3.63, 3.8) is 0 Å². The second-order valence-electron chi connectivity index (χ2n) is 6.59. The predicted octanol–water partition coefficient (Wildman–Crippen LogP) is 3.25. The molecular formula is C21H23FN2O4. The smallest absolute Gasteiger partial charge is 0.326 e. The molecule has 0 aliphatic carbocycles. The Morgan fingerprint density at radius 3 is 2.32 bits per heavy atom. The summed E-state index contributed by atoms with van der Waals surface area (Å²) in [6.45, 7) is 5.14. The first-order valence-corrected chi connectivity index (χ1v) is 8.90. The molecular weight excluding hydrogens is 363 g/mol. The van der Waals surface area contributed by atoms with E-state index in [-0.39, 0.29) is 5.56 Å². The molecule has 28 heavy (non-hydrogen) atoms. The van der Waals surface area contributed by atoms with E-state index in [9.17, 15) is 18.8 Å². The minimum Gasteiger partial charge on any atom is -0.451 e. The Hall–Kier alpha value is -3.22. The zero-order valence-electron chi connectivity index (χ0n) is 16.0. The Labute approximate surface area is 163 Å². The van der Waals surface area contributed by atoms with Gasteiger partial charge in [-0.3, -0.25) is 14.4 Å². The fraction of sp³-hybridized carbons (Fsp3) is 0.286. The lowest BCUT2D eigenvalue weighted by Gasteiger charge is -2.14. The molecule has 0 saturated heterocycles. The highest BCUT2D eigenvalue weighted by Gasteiger charge is 2.18. The average molecular weight is 386 g/mol. The van der Waals surface area contributed by atoms with Crippen molar-refractivity contribution in [1.29, 1.82) is 0 Å². The predicted molar refractivity (Wildman–Crippen MR) is 103 cm³/mol. The molecule has 2 aromatic rings. The summed E-state index contributed by atoms with van der Waals surface area (Å²) in [6, 6.07) is 12.5. The number of esters is 1. The largest absolute Gasteiger partial charge is 0.451 e. The van der Waals surface area contributed by atoms with Crippen LogP contribution in [0.3, 0.4) is 0 Å². The summed E-state index contributed by atoms with van der Waals surface area (Å²) < 4.78 is 18.1.